The highest BCUT2D eigenvalue weighted by Crippen LogP contribution is 2.35. The van der Waals surface area contributed by atoms with Gasteiger partial charge in [-0.2, -0.15) is 5.26 Å². The first-order valence-electron chi connectivity index (χ1n) is 9.07. The molecule has 1 amide bonds. The van der Waals surface area contributed by atoms with Crippen molar-refractivity contribution in [3.63, 3.8) is 0 Å². The summed E-state index contributed by atoms with van der Waals surface area (Å²) in [4.78, 5) is 16.4. The van der Waals surface area contributed by atoms with Crippen molar-refractivity contribution in [3.8, 4) is 23.3 Å². The van der Waals surface area contributed by atoms with Gasteiger partial charge in [0, 0.05) is 17.8 Å². The predicted octanol–water partition coefficient (Wildman–Crippen LogP) is 4.62. The molecule has 1 aliphatic rings. The van der Waals surface area contributed by atoms with Crippen LogP contribution in [0.4, 0.5) is 14.5 Å². The number of nitrogens with one attached hydrogen (secondary N) is 2. The minimum absolute atomic E-state index is 0.113. The van der Waals surface area contributed by atoms with Crippen LogP contribution in [0.15, 0.2) is 54.7 Å². The first-order chi connectivity index (χ1) is 15.3. The van der Waals surface area contributed by atoms with E-state index in [-0.39, 0.29) is 27.6 Å². The van der Waals surface area contributed by atoms with E-state index in [9.17, 15) is 13.6 Å². The monoisotopic (exact) mass is 458 g/mol. The molecule has 2 aromatic carbocycles. The van der Waals surface area contributed by atoms with Crippen molar-refractivity contribution in [2.75, 3.05) is 5.43 Å². The fraction of sp³-hybridized carbons (Fsp3) is 0.0952. The molecule has 0 unspecified atom stereocenters. The number of nitriles is 1. The van der Waals surface area contributed by atoms with E-state index in [1.807, 2.05) is 6.07 Å². The Hall–Kier alpha value is -3.94. The quantitative estimate of drug-likeness (QED) is 0.537. The number of benzene rings is 2. The molecule has 0 fully saturated rings. The number of hydrogen-bond acceptors (Lipinski definition) is 7. The SMILES string of the molecule is N#Cc1cc(Oc2ccc(NNC(=O)c3cccc4c3COC(F)(F)O4)cc2Cl)ccn1. The van der Waals surface area contributed by atoms with Crippen LogP contribution in [0.5, 0.6) is 17.2 Å². The Balaban J connectivity index is 1.43. The van der Waals surface area contributed by atoms with Gasteiger partial charge >= 0.3 is 6.29 Å². The van der Waals surface area contributed by atoms with Crippen LogP contribution in [-0.4, -0.2) is 17.2 Å². The van der Waals surface area contributed by atoms with E-state index in [0.717, 1.165) is 0 Å². The Bertz CT molecular complexity index is 1230. The van der Waals surface area contributed by atoms with E-state index >= 15 is 0 Å². The van der Waals surface area contributed by atoms with Gasteiger partial charge in [0.1, 0.15) is 29.0 Å². The Morgan fingerprint density at radius 3 is 2.88 bits per heavy atom. The lowest BCUT2D eigenvalue weighted by molar-refractivity contribution is -0.368. The van der Waals surface area contributed by atoms with Gasteiger partial charge in [0.15, 0.2) is 0 Å². The Labute approximate surface area is 185 Å². The van der Waals surface area contributed by atoms with Crippen LogP contribution in [0.3, 0.4) is 0 Å². The van der Waals surface area contributed by atoms with Crippen LogP contribution in [0.2, 0.25) is 5.02 Å². The molecule has 0 bridgehead atoms. The van der Waals surface area contributed by atoms with Gasteiger partial charge in [0.2, 0.25) is 0 Å². The van der Waals surface area contributed by atoms with E-state index < -0.39 is 18.8 Å². The first kappa shape index (κ1) is 21.3. The maximum atomic E-state index is 13.2. The number of aromatic nitrogens is 1. The molecule has 1 aromatic heterocycles. The lowest BCUT2D eigenvalue weighted by Crippen LogP contribution is -2.35. The van der Waals surface area contributed by atoms with Gasteiger partial charge in [-0.25, -0.2) is 4.98 Å². The summed E-state index contributed by atoms with van der Waals surface area (Å²) in [7, 11) is 0. The van der Waals surface area contributed by atoms with E-state index in [0.29, 0.717) is 17.2 Å². The number of carbonyl (C=O) groups excluding carboxylic acids is 1. The fourth-order valence-electron chi connectivity index (χ4n) is 2.86. The number of hydrazine groups is 1. The molecule has 4 rings (SSSR count). The van der Waals surface area contributed by atoms with E-state index in [1.54, 1.807) is 18.2 Å². The van der Waals surface area contributed by atoms with E-state index in [2.05, 4.69) is 25.3 Å². The molecular formula is C21H13ClF2N4O4. The fourth-order valence-corrected chi connectivity index (χ4v) is 3.08. The number of nitrogens with zero attached hydrogens (tertiary/aromatic N) is 2. The third-order valence-electron chi connectivity index (χ3n) is 4.32. The van der Waals surface area contributed by atoms with Crippen molar-refractivity contribution in [1.82, 2.24) is 10.4 Å². The second-order valence-corrected chi connectivity index (χ2v) is 6.86. The summed E-state index contributed by atoms with van der Waals surface area (Å²) in [6.45, 7) is -0.480. The summed E-state index contributed by atoms with van der Waals surface area (Å²) >= 11 is 6.24. The predicted molar refractivity (Wildman–Crippen MR) is 108 cm³/mol. The van der Waals surface area contributed by atoms with Gasteiger partial charge < -0.3 is 9.47 Å². The number of halogens is 3. The highest BCUT2D eigenvalue weighted by molar-refractivity contribution is 6.32. The zero-order valence-corrected chi connectivity index (χ0v) is 16.8. The maximum Gasteiger partial charge on any atom is 0.535 e. The molecule has 0 saturated carbocycles. The second kappa shape index (κ2) is 8.66. The first-order valence-corrected chi connectivity index (χ1v) is 9.45. The molecule has 0 atom stereocenters. The van der Waals surface area contributed by atoms with Crippen molar-refractivity contribution < 1.29 is 27.8 Å². The van der Waals surface area contributed by atoms with Crippen molar-refractivity contribution in [2.24, 2.45) is 0 Å². The number of alkyl halides is 2. The molecule has 0 aliphatic carbocycles. The molecule has 0 saturated heterocycles. The van der Waals surface area contributed by atoms with Crippen LogP contribution >= 0.6 is 11.6 Å². The summed E-state index contributed by atoms with van der Waals surface area (Å²) in [5.41, 5.74) is 6.11. The third kappa shape index (κ3) is 4.69. The van der Waals surface area contributed by atoms with Crippen molar-refractivity contribution >= 4 is 23.2 Å². The molecule has 8 nitrogen and oxygen atoms in total. The number of pyridine rings is 1. The average molecular weight is 459 g/mol. The molecular weight excluding hydrogens is 446 g/mol. The number of carbonyl (C=O) groups is 1. The molecule has 2 N–H and O–H groups in total. The largest absolute Gasteiger partial charge is 0.535 e. The number of ether oxygens (including phenoxy) is 3. The van der Waals surface area contributed by atoms with Crippen LogP contribution in [0.1, 0.15) is 21.6 Å². The summed E-state index contributed by atoms with van der Waals surface area (Å²) in [6, 6.07) is 13.8. The summed E-state index contributed by atoms with van der Waals surface area (Å²) < 4.78 is 40.9. The molecule has 0 radical (unpaired) electrons. The smallest absolute Gasteiger partial charge is 0.456 e. The topological polar surface area (TPSA) is 106 Å². The third-order valence-corrected chi connectivity index (χ3v) is 4.61. The molecule has 2 heterocycles. The van der Waals surface area contributed by atoms with Gasteiger partial charge in [-0.3, -0.25) is 20.4 Å². The van der Waals surface area contributed by atoms with E-state index in [4.69, 9.17) is 21.6 Å². The summed E-state index contributed by atoms with van der Waals surface area (Å²) in [5.74, 6) is -0.00651. The van der Waals surface area contributed by atoms with Crippen LogP contribution in [0.25, 0.3) is 0 Å². The van der Waals surface area contributed by atoms with Crippen LogP contribution in [0, 0.1) is 11.3 Å². The molecule has 3 aromatic rings. The standard InChI is InChI=1S/C21H13ClF2N4O4/c22-17-9-12(4-5-19(17)31-14-6-7-26-13(8-14)10-25)27-28-20(29)15-2-1-3-18-16(15)11-30-21(23,24)32-18/h1-9,27H,11H2,(H,28,29). The zero-order valence-electron chi connectivity index (χ0n) is 16.1. The van der Waals surface area contributed by atoms with Crippen molar-refractivity contribution in [1.29, 1.82) is 5.26 Å². The summed E-state index contributed by atoms with van der Waals surface area (Å²) in [5, 5.41) is 9.15. The Morgan fingerprint density at radius 2 is 2.09 bits per heavy atom. The van der Waals surface area contributed by atoms with Gasteiger partial charge in [0.05, 0.1) is 22.9 Å². The van der Waals surface area contributed by atoms with Crippen molar-refractivity contribution in [2.45, 2.75) is 12.9 Å². The number of amides is 1. The minimum atomic E-state index is -3.74. The van der Waals surface area contributed by atoms with Gasteiger partial charge in [0.25, 0.3) is 5.91 Å². The highest BCUT2D eigenvalue weighted by Gasteiger charge is 2.39. The second-order valence-electron chi connectivity index (χ2n) is 6.45. The zero-order chi connectivity index (χ0) is 22.7. The molecule has 11 heteroatoms. The van der Waals surface area contributed by atoms with Crippen LogP contribution in [-0.2, 0) is 11.3 Å². The summed E-state index contributed by atoms with van der Waals surface area (Å²) in [6.07, 6.45) is -2.31. The lowest BCUT2D eigenvalue weighted by atomic mass is 10.1. The average Bonchev–Trinajstić information content (AvgIpc) is 2.78. The van der Waals surface area contributed by atoms with E-state index in [1.165, 1.54) is 36.5 Å². The number of hydrogen-bond donors (Lipinski definition) is 2. The molecule has 32 heavy (non-hydrogen) atoms. The normalized spacial score (nSPS) is 13.8. The molecule has 162 valence electrons. The van der Waals surface area contributed by atoms with Gasteiger partial charge in [-0.05, 0) is 36.4 Å². The minimum Gasteiger partial charge on any atom is -0.456 e. The maximum absolute atomic E-state index is 13.2. The highest BCUT2D eigenvalue weighted by atomic mass is 35.5. The van der Waals surface area contributed by atoms with Gasteiger partial charge in [-0.1, -0.05) is 17.7 Å². The number of anilines is 1. The van der Waals surface area contributed by atoms with Gasteiger partial charge in [-0.15, -0.1) is 8.78 Å². The number of fused-ring (bicyclic) bond motifs is 1. The molecule has 0 spiro atoms. The molecule has 1 aliphatic heterocycles. The Morgan fingerprint density at radius 1 is 1.25 bits per heavy atom. The lowest BCUT2D eigenvalue weighted by Gasteiger charge is -2.26. The van der Waals surface area contributed by atoms with Crippen LogP contribution < -0.4 is 20.3 Å². The Kier molecular flexibility index (Phi) is 5.77. The number of rotatable bonds is 5. The van der Waals surface area contributed by atoms with Crippen molar-refractivity contribution in [3.05, 3.63) is 76.6 Å².